The Hall–Kier alpha value is -3.60. The number of imidazole rings is 1. The molecule has 0 saturated carbocycles. The standard InChI is InChI=1S/C27H29N3O2/c1-19-8-6-9-22(17-19)32-15-7-14-30-25-11-5-4-10-24(25)29-26(30)18-28-27(31)23-13-12-20(2)16-21(23)3/h4-6,8-13,16-17H,7,14-15,18H2,1-3H3,(H,28,31). The first-order valence-corrected chi connectivity index (χ1v) is 11.0. The summed E-state index contributed by atoms with van der Waals surface area (Å²) >= 11 is 0. The molecule has 1 N–H and O–H groups in total. The minimum atomic E-state index is -0.0797. The molecule has 164 valence electrons. The van der Waals surface area contributed by atoms with Gasteiger partial charge < -0.3 is 14.6 Å². The fraction of sp³-hybridized carbons (Fsp3) is 0.259. The van der Waals surface area contributed by atoms with E-state index in [1.165, 1.54) is 5.56 Å². The van der Waals surface area contributed by atoms with Gasteiger partial charge in [0.05, 0.1) is 24.2 Å². The number of amides is 1. The van der Waals surface area contributed by atoms with Crippen molar-refractivity contribution in [3.05, 3.63) is 94.8 Å². The van der Waals surface area contributed by atoms with Gasteiger partial charge in [-0.25, -0.2) is 4.98 Å². The van der Waals surface area contributed by atoms with Crippen LogP contribution in [0.5, 0.6) is 5.75 Å². The third-order valence-corrected chi connectivity index (χ3v) is 5.55. The SMILES string of the molecule is Cc1cccc(OCCCn2c(CNC(=O)c3ccc(C)cc3C)nc3ccccc32)c1. The molecule has 32 heavy (non-hydrogen) atoms. The van der Waals surface area contributed by atoms with Crippen molar-refractivity contribution in [3.63, 3.8) is 0 Å². The van der Waals surface area contributed by atoms with Crippen LogP contribution in [-0.4, -0.2) is 22.1 Å². The number of carbonyl (C=O) groups excluding carboxylic acids is 1. The normalized spacial score (nSPS) is 11.0. The molecule has 0 atom stereocenters. The molecule has 0 aliphatic heterocycles. The third kappa shape index (κ3) is 4.99. The molecule has 3 aromatic carbocycles. The number of ether oxygens (including phenoxy) is 1. The van der Waals surface area contributed by atoms with Gasteiger partial charge in [-0.1, -0.05) is 42.0 Å². The summed E-state index contributed by atoms with van der Waals surface area (Å²) in [4.78, 5) is 17.5. The zero-order valence-electron chi connectivity index (χ0n) is 18.9. The van der Waals surface area contributed by atoms with E-state index < -0.39 is 0 Å². The Labute approximate surface area is 189 Å². The number of hydrogen-bond acceptors (Lipinski definition) is 3. The Morgan fingerprint density at radius 3 is 2.59 bits per heavy atom. The molecule has 1 amide bonds. The smallest absolute Gasteiger partial charge is 0.251 e. The van der Waals surface area contributed by atoms with Gasteiger partial charge in [-0.3, -0.25) is 4.79 Å². The number of nitrogens with zero attached hydrogens (tertiary/aromatic N) is 2. The zero-order chi connectivity index (χ0) is 22.5. The molecule has 4 rings (SSSR count). The minimum Gasteiger partial charge on any atom is -0.494 e. The van der Waals surface area contributed by atoms with Crippen LogP contribution >= 0.6 is 0 Å². The molecule has 0 saturated heterocycles. The highest BCUT2D eigenvalue weighted by Gasteiger charge is 2.13. The fourth-order valence-corrected chi connectivity index (χ4v) is 3.95. The van der Waals surface area contributed by atoms with Gasteiger partial charge in [-0.2, -0.15) is 0 Å². The van der Waals surface area contributed by atoms with E-state index in [1.807, 2.05) is 68.4 Å². The maximum Gasteiger partial charge on any atom is 0.251 e. The lowest BCUT2D eigenvalue weighted by molar-refractivity contribution is 0.0949. The molecule has 0 fully saturated rings. The topological polar surface area (TPSA) is 56.1 Å². The number of para-hydroxylation sites is 2. The Balaban J connectivity index is 1.44. The number of benzene rings is 3. The number of rotatable bonds is 8. The Bertz CT molecular complexity index is 1240. The lowest BCUT2D eigenvalue weighted by atomic mass is 10.1. The summed E-state index contributed by atoms with van der Waals surface area (Å²) in [5.41, 5.74) is 6.01. The van der Waals surface area contributed by atoms with E-state index in [9.17, 15) is 4.79 Å². The van der Waals surface area contributed by atoms with E-state index in [0.717, 1.165) is 46.7 Å². The van der Waals surface area contributed by atoms with Crippen LogP contribution in [-0.2, 0) is 13.1 Å². The van der Waals surface area contributed by atoms with Crippen molar-refractivity contribution < 1.29 is 9.53 Å². The molecule has 0 aliphatic rings. The minimum absolute atomic E-state index is 0.0797. The largest absolute Gasteiger partial charge is 0.494 e. The second kappa shape index (κ2) is 9.69. The van der Waals surface area contributed by atoms with Crippen molar-refractivity contribution in [1.29, 1.82) is 0 Å². The van der Waals surface area contributed by atoms with Gasteiger partial charge >= 0.3 is 0 Å². The Morgan fingerprint density at radius 2 is 1.78 bits per heavy atom. The molecular formula is C27H29N3O2. The Morgan fingerprint density at radius 1 is 0.969 bits per heavy atom. The third-order valence-electron chi connectivity index (χ3n) is 5.55. The number of aromatic nitrogens is 2. The van der Waals surface area contributed by atoms with Crippen molar-refractivity contribution in [3.8, 4) is 5.75 Å². The fourth-order valence-electron chi connectivity index (χ4n) is 3.95. The molecule has 1 heterocycles. The first kappa shape index (κ1) is 21.6. The lowest BCUT2D eigenvalue weighted by Crippen LogP contribution is -2.25. The molecule has 5 heteroatoms. The van der Waals surface area contributed by atoms with Gasteiger partial charge in [0, 0.05) is 12.1 Å². The molecule has 0 aliphatic carbocycles. The average molecular weight is 428 g/mol. The molecule has 0 spiro atoms. The van der Waals surface area contributed by atoms with Gasteiger partial charge in [0.2, 0.25) is 0 Å². The van der Waals surface area contributed by atoms with Crippen molar-refractivity contribution in [2.24, 2.45) is 0 Å². The van der Waals surface area contributed by atoms with Crippen LogP contribution in [0.3, 0.4) is 0 Å². The van der Waals surface area contributed by atoms with Crippen molar-refractivity contribution in [2.75, 3.05) is 6.61 Å². The maximum absolute atomic E-state index is 12.8. The summed E-state index contributed by atoms with van der Waals surface area (Å²) in [6.45, 7) is 7.80. The molecule has 5 nitrogen and oxygen atoms in total. The van der Waals surface area contributed by atoms with Crippen molar-refractivity contribution in [1.82, 2.24) is 14.9 Å². The van der Waals surface area contributed by atoms with E-state index in [1.54, 1.807) is 0 Å². The van der Waals surface area contributed by atoms with Gasteiger partial charge in [0.25, 0.3) is 5.91 Å². The zero-order valence-corrected chi connectivity index (χ0v) is 18.9. The predicted molar refractivity (Wildman–Crippen MR) is 128 cm³/mol. The second-order valence-corrected chi connectivity index (χ2v) is 8.19. The first-order valence-electron chi connectivity index (χ1n) is 11.0. The number of aryl methyl sites for hydroxylation is 4. The summed E-state index contributed by atoms with van der Waals surface area (Å²) in [5, 5.41) is 3.05. The first-order chi connectivity index (χ1) is 15.5. The summed E-state index contributed by atoms with van der Waals surface area (Å²) in [5.74, 6) is 1.66. The highest BCUT2D eigenvalue weighted by atomic mass is 16.5. The molecular weight excluding hydrogens is 398 g/mol. The van der Waals surface area contributed by atoms with Crippen LogP contribution in [0.2, 0.25) is 0 Å². The van der Waals surface area contributed by atoms with E-state index in [0.29, 0.717) is 18.7 Å². The van der Waals surface area contributed by atoms with Crippen LogP contribution in [0.4, 0.5) is 0 Å². The van der Waals surface area contributed by atoms with E-state index in [-0.39, 0.29) is 5.91 Å². The number of hydrogen-bond donors (Lipinski definition) is 1. The molecule has 0 bridgehead atoms. The van der Waals surface area contributed by atoms with E-state index in [4.69, 9.17) is 9.72 Å². The predicted octanol–water partition coefficient (Wildman–Crippen LogP) is 5.36. The highest BCUT2D eigenvalue weighted by molar-refractivity contribution is 5.95. The molecule has 0 unspecified atom stereocenters. The van der Waals surface area contributed by atoms with Gasteiger partial charge in [-0.15, -0.1) is 0 Å². The second-order valence-electron chi connectivity index (χ2n) is 8.19. The van der Waals surface area contributed by atoms with Crippen LogP contribution in [0.25, 0.3) is 11.0 Å². The van der Waals surface area contributed by atoms with Gasteiger partial charge in [-0.05, 0) is 68.7 Å². The average Bonchev–Trinajstić information content (AvgIpc) is 3.12. The maximum atomic E-state index is 12.8. The molecule has 0 radical (unpaired) electrons. The number of fused-ring (bicyclic) bond motifs is 1. The van der Waals surface area contributed by atoms with Crippen molar-refractivity contribution in [2.45, 2.75) is 40.3 Å². The van der Waals surface area contributed by atoms with Gasteiger partial charge in [0.15, 0.2) is 0 Å². The molecule has 4 aromatic rings. The van der Waals surface area contributed by atoms with Crippen LogP contribution in [0.15, 0.2) is 66.7 Å². The summed E-state index contributed by atoms with van der Waals surface area (Å²) in [6, 6.07) is 22.0. The van der Waals surface area contributed by atoms with Crippen LogP contribution < -0.4 is 10.1 Å². The molecule has 1 aromatic heterocycles. The van der Waals surface area contributed by atoms with E-state index >= 15 is 0 Å². The quantitative estimate of drug-likeness (QED) is 0.385. The van der Waals surface area contributed by atoms with Crippen LogP contribution in [0, 0.1) is 20.8 Å². The monoisotopic (exact) mass is 427 g/mol. The summed E-state index contributed by atoms with van der Waals surface area (Å²) < 4.78 is 8.09. The van der Waals surface area contributed by atoms with Crippen LogP contribution in [0.1, 0.15) is 39.3 Å². The van der Waals surface area contributed by atoms with Gasteiger partial charge in [0.1, 0.15) is 11.6 Å². The number of nitrogens with one attached hydrogen (secondary N) is 1. The summed E-state index contributed by atoms with van der Waals surface area (Å²) in [6.07, 6.45) is 0.840. The number of carbonyl (C=O) groups is 1. The van der Waals surface area contributed by atoms with Crippen molar-refractivity contribution >= 4 is 16.9 Å². The van der Waals surface area contributed by atoms with E-state index in [2.05, 4.69) is 28.9 Å². The highest BCUT2D eigenvalue weighted by Crippen LogP contribution is 2.18. The lowest BCUT2D eigenvalue weighted by Gasteiger charge is -2.12. The summed E-state index contributed by atoms with van der Waals surface area (Å²) in [7, 11) is 0. The Kier molecular flexibility index (Phi) is 6.55.